The van der Waals surface area contributed by atoms with Gasteiger partial charge < -0.3 is 0 Å². The topological polar surface area (TPSA) is 17.8 Å². The third-order valence-electron chi connectivity index (χ3n) is 13.7. The van der Waals surface area contributed by atoms with Gasteiger partial charge in [0.2, 0.25) is 0 Å². The first-order valence-corrected chi connectivity index (χ1v) is 21.8. The van der Waals surface area contributed by atoms with Gasteiger partial charge in [0, 0.05) is 17.2 Å². The number of aromatic nitrogens is 2. The molecular formula is C60H44N2. The van der Waals surface area contributed by atoms with Gasteiger partial charge in [0.05, 0.1) is 11.0 Å². The van der Waals surface area contributed by atoms with E-state index in [0.717, 1.165) is 39.2 Å². The molecule has 0 N–H and O–H groups in total. The Morgan fingerprint density at radius 3 is 1.55 bits per heavy atom. The molecule has 0 amide bonds. The minimum absolute atomic E-state index is 0.0499. The average molecular weight is 793 g/mol. The predicted molar refractivity (Wildman–Crippen MR) is 261 cm³/mol. The van der Waals surface area contributed by atoms with Crippen LogP contribution in [0.2, 0.25) is 0 Å². The van der Waals surface area contributed by atoms with Crippen LogP contribution in [0, 0.1) is 5.92 Å². The zero-order chi connectivity index (χ0) is 41.4. The fourth-order valence-electron chi connectivity index (χ4n) is 10.7. The molecule has 12 rings (SSSR count). The van der Waals surface area contributed by atoms with Gasteiger partial charge in [-0.05, 0) is 125 Å². The van der Waals surface area contributed by atoms with Gasteiger partial charge in [-0.25, -0.2) is 4.98 Å². The van der Waals surface area contributed by atoms with Crippen molar-refractivity contribution in [2.45, 2.75) is 25.2 Å². The Hall–Kier alpha value is -7.55. The zero-order valence-electron chi connectivity index (χ0n) is 34.8. The van der Waals surface area contributed by atoms with Gasteiger partial charge in [-0.2, -0.15) is 0 Å². The summed E-state index contributed by atoms with van der Waals surface area (Å²) in [7, 11) is 0. The molecule has 0 saturated heterocycles. The number of benzene rings is 9. The molecule has 294 valence electrons. The predicted octanol–water partition coefficient (Wildman–Crippen LogP) is 15.8. The van der Waals surface area contributed by atoms with Crippen molar-refractivity contribution < 1.29 is 0 Å². The molecule has 2 aliphatic carbocycles. The van der Waals surface area contributed by atoms with Crippen molar-refractivity contribution in [1.82, 2.24) is 9.55 Å². The van der Waals surface area contributed by atoms with Gasteiger partial charge in [-0.1, -0.05) is 196 Å². The minimum atomic E-state index is 0.0499. The monoisotopic (exact) mass is 792 g/mol. The van der Waals surface area contributed by atoms with Crippen molar-refractivity contribution in [2.24, 2.45) is 5.92 Å². The second-order valence-corrected chi connectivity index (χ2v) is 17.5. The quantitative estimate of drug-likeness (QED) is 0.153. The van der Waals surface area contributed by atoms with E-state index in [1.165, 1.54) is 66.1 Å². The van der Waals surface area contributed by atoms with Gasteiger partial charge in [0.15, 0.2) is 0 Å². The molecule has 0 spiro atoms. The van der Waals surface area contributed by atoms with Crippen LogP contribution >= 0.6 is 0 Å². The van der Waals surface area contributed by atoms with E-state index < -0.39 is 0 Å². The van der Waals surface area contributed by atoms with Gasteiger partial charge in [0.1, 0.15) is 5.82 Å². The van der Waals surface area contributed by atoms with Crippen molar-refractivity contribution in [3.05, 3.63) is 230 Å². The molecule has 0 fully saturated rings. The normalized spacial score (nSPS) is 16.2. The molecule has 0 radical (unpaired) electrons. The average Bonchev–Trinajstić information content (AvgIpc) is 3.83. The van der Waals surface area contributed by atoms with Crippen molar-refractivity contribution in [2.75, 3.05) is 0 Å². The first-order valence-electron chi connectivity index (χ1n) is 21.8. The summed E-state index contributed by atoms with van der Waals surface area (Å²) in [4.78, 5) is 5.30. The van der Waals surface area contributed by atoms with E-state index in [4.69, 9.17) is 4.98 Å². The SMILES string of the molecule is CC1(C)c2cc(-c3ccc4c(-c5ccccc5)c5cc(-c6ccc7c(c6)nc(-c6ccccc6)n7-c6ccccc6)ccc5c(-c5ccccc5)c4c3)ccc2C2C=CC=CC21. The number of nitrogens with zero attached hydrogens (tertiary/aromatic N) is 2. The Morgan fingerprint density at radius 2 is 0.935 bits per heavy atom. The number of imidazole rings is 1. The van der Waals surface area contributed by atoms with Crippen LogP contribution in [0.25, 0.3) is 94.2 Å². The van der Waals surface area contributed by atoms with Crippen LogP contribution in [0.4, 0.5) is 0 Å². The van der Waals surface area contributed by atoms with Gasteiger partial charge >= 0.3 is 0 Å². The maximum absolute atomic E-state index is 5.30. The number of hydrogen-bond donors (Lipinski definition) is 0. The summed E-state index contributed by atoms with van der Waals surface area (Å²) in [6.07, 6.45) is 9.24. The van der Waals surface area contributed by atoms with Crippen LogP contribution in [0.5, 0.6) is 0 Å². The van der Waals surface area contributed by atoms with E-state index in [2.05, 4.69) is 237 Å². The Balaban J connectivity index is 1.07. The van der Waals surface area contributed by atoms with Crippen molar-refractivity contribution >= 4 is 32.6 Å². The highest BCUT2D eigenvalue weighted by molar-refractivity contribution is 6.22. The zero-order valence-corrected chi connectivity index (χ0v) is 34.8. The molecule has 2 heteroatoms. The summed E-state index contributed by atoms with van der Waals surface area (Å²) < 4.78 is 2.28. The molecule has 2 nitrogen and oxygen atoms in total. The molecule has 9 aromatic carbocycles. The fourth-order valence-corrected chi connectivity index (χ4v) is 10.7. The number of fused-ring (bicyclic) bond motifs is 6. The Morgan fingerprint density at radius 1 is 0.435 bits per heavy atom. The summed E-state index contributed by atoms with van der Waals surface area (Å²) in [5, 5.41) is 4.97. The minimum Gasteiger partial charge on any atom is -0.292 e. The van der Waals surface area contributed by atoms with E-state index in [1.54, 1.807) is 0 Å². The summed E-state index contributed by atoms with van der Waals surface area (Å²) in [5.74, 6) is 1.84. The number of rotatable bonds is 6. The summed E-state index contributed by atoms with van der Waals surface area (Å²) >= 11 is 0. The lowest BCUT2D eigenvalue weighted by molar-refractivity contribution is 0.394. The van der Waals surface area contributed by atoms with E-state index in [9.17, 15) is 0 Å². The first kappa shape index (κ1) is 36.3. The van der Waals surface area contributed by atoms with E-state index >= 15 is 0 Å². The smallest absolute Gasteiger partial charge is 0.145 e. The maximum atomic E-state index is 5.30. The molecular weight excluding hydrogens is 749 g/mol. The van der Waals surface area contributed by atoms with Crippen LogP contribution < -0.4 is 0 Å². The highest BCUT2D eigenvalue weighted by Crippen LogP contribution is 2.54. The second kappa shape index (κ2) is 14.3. The molecule has 0 saturated carbocycles. The van der Waals surface area contributed by atoms with Crippen LogP contribution in [-0.4, -0.2) is 9.55 Å². The molecule has 2 unspecified atom stereocenters. The van der Waals surface area contributed by atoms with Gasteiger partial charge in [-0.3, -0.25) is 4.57 Å². The molecule has 2 atom stereocenters. The molecule has 62 heavy (non-hydrogen) atoms. The first-order chi connectivity index (χ1) is 30.5. The van der Waals surface area contributed by atoms with Crippen molar-refractivity contribution in [1.29, 1.82) is 0 Å². The molecule has 0 bridgehead atoms. The molecule has 0 aliphatic heterocycles. The van der Waals surface area contributed by atoms with Crippen LogP contribution in [-0.2, 0) is 5.41 Å². The van der Waals surface area contributed by atoms with E-state index in [1.807, 2.05) is 0 Å². The highest BCUT2D eigenvalue weighted by Gasteiger charge is 2.44. The standard InChI is InChI=1S/C60H44N2/c1-60(2)53-26-16-15-25-47(53)48-31-27-44(37-54(48)60)42-28-32-49-51(35-42)57(39-17-7-3-8-18-39)50-33-29-43(36-52(50)58(49)40-19-9-4-10-20-40)45-30-34-56-55(38-45)61-59(41-21-11-5-12-22-41)62(56)46-23-13-6-14-24-46/h3-38,47,53H,1-2H3. The number of allylic oxidation sites excluding steroid dienone is 4. The summed E-state index contributed by atoms with van der Waals surface area (Å²) in [6.45, 7) is 4.84. The Kier molecular flexibility index (Phi) is 8.37. The lowest BCUT2D eigenvalue weighted by atomic mass is 9.74. The van der Waals surface area contributed by atoms with Crippen LogP contribution in [0.3, 0.4) is 0 Å². The lowest BCUT2D eigenvalue weighted by Crippen LogP contribution is -2.24. The fraction of sp³-hybridized carbons (Fsp3) is 0.0833. The molecule has 10 aromatic rings. The third kappa shape index (κ3) is 5.75. The summed E-state index contributed by atoms with van der Waals surface area (Å²) in [5.41, 5.74) is 16.9. The van der Waals surface area contributed by atoms with E-state index in [0.29, 0.717) is 11.8 Å². The van der Waals surface area contributed by atoms with Crippen molar-refractivity contribution in [3.8, 4) is 61.6 Å². The molecule has 2 aliphatic rings. The highest BCUT2D eigenvalue weighted by atomic mass is 15.1. The molecule has 1 heterocycles. The van der Waals surface area contributed by atoms with Crippen LogP contribution in [0.15, 0.2) is 218 Å². The third-order valence-corrected chi connectivity index (χ3v) is 13.7. The lowest BCUT2D eigenvalue weighted by Gasteiger charge is -2.29. The summed E-state index contributed by atoms with van der Waals surface area (Å²) in [6, 6.07) is 71.2. The number of para-hydroxylation sites is 1. The van der Waals surface area contributed by atoms with E-state index in [-0.39, 0.29) is 5.41 Å². The van der Waals surface area contributed by atoms with Crippen LogP contribution in [0.1, 0.15) is 30.9 Å². The second-order valence-electron chi connectivity index (χ2n) is 17.5. The van der Waals surface area contributed by atoms with Gasteiger partial charge in [-0.15, -0.1) is 0 Å². The maximum Gasteiger partial charge on any atom is 0.145 e. The van der Waals surface area contributed by atoms with Gasteiger partial charge in [0.25, 0.3) is 0 Å². The van der Waals surface area contributed by atoms with Crippen molar-refractivity contribution in [3.63, 3.8) is 0 Å². The number of hydrogen-bond acceptors (Lipinski definition) is 1. The Bertz CT molecular complexity index is 3410. The Labute approximate surface area is 362 Å². The molecule has 1 aromatic heterocycles. The largest absolute Gasteiger partial charge is 0.292 e.